The van der Waals surface area contributed by atoms with Crippen molar-refractivity contribution in [2.24, 2.45) is 0 Å². The van der Waals surface area contributed by atoms with Crippen LogP contribution in [0.3, 0.4) is 0 Å². The fourth-order valence-corrected chi connectivity index (χ4v) is 4.71. The highest BCUT2D eigenvalue weighted by atomic mass is 19.3. The van der Waals surface area contributed by atoms with Crippen LogP contribution in [0.1, 0.15) is 31.5 Å². The van der Waals surface area contributed by atoms with Gasteiger partial charge in [0.05, 0.1) is 30.8 Å². The normalized spacial score (nSPS) is 18.6. The van der Waals surface area contributed by atoms with E-state index in [4.69, 9.17) is 4.74 Å². The number of halogens is 4. The smallest absolute Gasteiger partial charge is 0.345 e. The van der Waals surface area contributed by atoms with E-state index in [0.717, 1.165) is 0 Å². The number of pyridine rings is 1. The van der Waals surface area contributed by atoms with E-state index < -0.39 is 25.7 Å². The number of nitrogens with one attached hydrogen (secondary N) is 2. The lowest BCUT2D eigenvalue weighted by atomic mass is 9.93. The lowest BCUT2D eigenvalue weighted by Gasteiger charge is -2.28. The van der Waals surface area contributed by atoms with Crippen molar-refractivity contribution in [2.45, 2.75) is 64.3 Å². The van der Waals surface area contributed by atoms with Crippen molar-refractivity contribution in [3.63, 3.8) is 0 Å². The maximum atomic E-state index is 13.1. The zero-order valence-electron chi connectivity index (χ0n) is 19.6. The summed E-state index contributed by atoms with van der Waals surface area (Å²) in [5, 5.41) is 3.86. The molecule has 13 heteroatoms. The van der Waals surface area contributed by atoms with E-state index in [1.165, 1.54) is 11.7 Å². The molecule has 4 heterocycles. The third-order valence-corrected chi connectivity index (χ3v) is 6.37. The first kappa shape index (κ1) is 24.2. The van der Waals surface area contributed by atoms with Gasteiger partial charge in [-0.2, -0.15) is 18.7 Å². The van der Waals surface area contributed by atoms with Gasteiger partial charge in [-0.05, 0) is 44.7 Å². The summed E-state index contributed by atoms with van der Waals surface area (Å²) in [6.45, 7) is -1.59. The molecule has 0 aliphatic heterocycles. The number of hydrogen-bond donors (Lipinski definition) is 2. The summed E-state index contributed by atoms with van der Waals surface area (Å²) in [5.74, 6) is 1.12. The molecular formula is C23H25F4N7O2. The molecule has 0 bridgehead atoms. The van der Waals surface area contributed by atoms with E-state index in [1.807, 2.05) is 0 Å². The molecule has 0 unspecified atom stereocenters. The van der Waals surface area contributed by atoms with Crippen molar-refractivity contribution in [3.8, 4) is 17.1 Å². The summed E-state index contributed by atoms with van der Waals surface area (Å²) >= 11 is 0. The number of nitrogens with zero attached hydrogens (tertiary/aromatic N) is 5. The maximum absolute atomic E-state index is 13.1. The number of aryl methyl sites for hydroxylation is 1. The Morgan fingerprint density at radius 2 is 1.86 bits per heavy atom. The summed E-state index contributed by atoms with van der Waals surface area (Å²) in [6, 6.07) is 3.51. The molecule has 4 aromatic heterocycles. The molecule has 0 radical (unpaired) electrons. The van der Waals surface area contributed by atoms with Crippen LogP contribution in [0.15, 0.2) is 18.3 Å². The van der Waals surface area contributed by atoms with Crippen LogP contribution in [0.2, 0.25) is 0 Å². The molecule has 1 saturated carbocycles. The summed E-state index contributed by atoms with van der Waals surface area (Å²) in [4.78, 5) is 21.1. The quantitative estimate of drug-likeness (QED) is 0.327. The van der Waals surface area contributed by atoms with Gasteiger partial charge >= 0.3 is 6.61 Å². The van der Waals surface area contributed by atoms with E-state index in [1.54, 1.807) is 25.3 Å². The topological polar surface area (TPSA) is 103 Å². The van der Waals surface area contributed by atoms with Crippen LogP contribution in [0, 0.1) is 6.92 Å². The predicted octanol–water partition coefficient (Wildman–Crippen LogP) is 4.91. The fraction of sp³-hybridized carbons (Fsp3) is 0.478. The largest absolute Gasteiger partial charge is 0.480 e. The van der Waals surface area contributed by atoms with Crippen LogP contribution >= 0.6 is 0 Å². The number of alkyl halides is 4. The first-order chi connectivity index (χ1) is 17.3. The first-order valence-electron chi connectivity index (χ1n) is 11.6. The lowest BCUT2D eigenvalue weighted by molar-refractivity contribution is -0.169. The molecule has 36 heavy (non-hydrogen) atoms. The second kappa shape index (κ2) is 9.88. The van der Waals surface area contributed by atoms with E-state index in [-0.39, 0.29) is 6.04 Å². The highest BCUT2D eigenvalue weighted by molar-refractivity contribution is 5.97. The molecule has 5 rings (SSSR count). The van der Waals surface area contributed by atoms with Crippen LogP contribution in [0.5, 0.6) is 5.88 Å². The van der Waals surface area contributed by atoms with E-state index in [9.17, 15) is 17.6 Å². The van der Waals surface area contributed by atoms with E-state index in [0.29, 0.717) is 76.8 Å². The third-order valence-electron chi connectivity index (χ3n) is 6.37. The van der Waals surface area contributed by atoms with Gasteiger partial charge in [0.25, 0.3) is 6.43 Å². The summed E-state index contributed by atoms with van der Waals surface area (Å²) in [7, 11) is 1.49. The predicted molar refractivity (Wildman–Crippen MR) is 124 cm³/mol. The van der Waals surface area contributed by atoms with Crippen molar-refractivity contribution in [1.29, 1.82) is 0 Å². The Bertz CT molecular complexity index is 1370. The zero-order valence-corrected chi connectivity index (χ0v) is 19.6. The average molecular weight is 507 g/mol. The zero-order chi connectivity index (χ0) is 25.4. The fourth-order valence-electron chi connectivity index (χ4n) is 4.71. The Labute approximate surface area is 203 Å². The molecule has 9 nitrogen and oxygen atoms in total. The number of methoxy groups -OCH3 is 1. The standard InChI is InChI=1S/C23H25F4N7O2/c1-11-29-16-8-7-15(31-20(16)34(11)10-17(24)25)14-9-28-19-18(14)21(35-2)33-23(32-19)30-12-3-5-13(6-4-12)36-22(26)27/h7-9,12-13,17,22H,3-6,10H2,1-2H3,(H2,28,30,32,33). The number of H-pyrrole nitrogens is 1. The van der Waals surface area contributed by atoms with Crippen LogP contribution in [-0.4, -0.2) is 61.8 Å². The summed E-state index contributed by atoms with van der Waals surface area (Å²) in [6.07, 6.45) is 1.06. The molecule has 1 aliphatic rings. The minimum Gasteiger partial charge on any atom is -0.480 e. The summed E-state index contributed by atoms with van der Waals surface area (Å²) < 4.78 is 62.7. The number of imidazole rings is 1. The molecule has 1 fully saturated rings. The van der Waals surface area contributed by atoms with Gasteiger partial charge in [0.2, 0.25) is 11.8 Å². The number of ether oxygens (including phenoxy) is 2. The Hall–Kier alpha value is -3.48. The van der Waals surface area contributed by atoms with Crippen molar-refractivity contribution in [3.05, 3.63) is 24.2 Å². The Kier molecular flexibility index (Phi) is 6.65. The van der Waals surface area contributed by atoms with E-state index >= 15 is 0 Å². The van der Waals surface area contributed by atoms with Crippen LogP contribution in [0.4, 0.5) is 23.5 Å². The van der Waals surface area contributed by atoms with Crippen molar-refractivity contribution in [1.82, 2.24) is 29.5 Å². The van der Waals surface area contributed by atoms with Gasteiger partial charge in [0.1, 0.15) is 17.0 Å². The van der Waals surface area contributed by atoms with Gasteiger partial charge in [-0.25, -0.2) is 18.7 Å². The second-order valence-corrected chi connectivity index (χ2v) is 8.70. The number of rotatable bonds is 8. The lowest BCUT2D eigenvalue weighted by Crippen LogP contribution is -2.31. The highest BCUT2D eigenvalue weighted by Crippen LogP contribution is 2.35. The van der Waals surface area contributed by atoms with Crippen LogP contribution < -0.4 is 10.1 Å². The molecular weight excluding hydrogens is 482 g/mol. The summed E-state index contributed by atoms with van der Waals surface area (Å²) in [5.41, 5.74) is 2.59. The van der Waals surface area contributed by atoms with E-state index in [2.05, 4.69) is 35.0 Å². The number of fused-ring (bicyclic) bond motifs is 2. The van der Waals surface area contributed by atoms with Gasteiger partial charge in [0, 0.05) is 17.8 Å². The monoisotopic (exact) mass is 507 g/mol. The Morgan fingerprint density at radius 1 is 1.08 bits per heavy atom. The van der Waals surface area contributed by atoms with Gasteiger partial charge in [0.15, 0.2) is 5.65 Å². The molecule has 4 aromatic rings. The first-order valence-corrected chi connectivity index (χ1v) is 11.6. The molecule has 2 N–H and O–H groups in total. The Balaban J connectivity index is 1.43. The second-order valence-electron chi connectivity index (χ2n) is 8.70. The molecule has 0 saturated heterocycles. The minimum absolute atomic E-state index is 0.0153. The third kappa shape index (κ3) is 4.79. The average Bonchev–Trinajstić information content (AvgIpc) is 3.40. The highest BCUT2D eigenvalue weighted by Gasteiger charge is 2.25. The Morgan fingerprint density at radius 3 is 2.56 bits per heavy atom. The van der Waals surface area contributed by atoms with Crippen molar-refractivity contribution >= 4 is 28.1 Å². The molecule has 1 aliphatic carbocycles. The number of aromatic nitrogens is 6. The maximum Gasteiger partial charge on any atom is 0.345 e. The molecule has 0 amide bonds. The minimum atomic E-state index is -2.76. The van der Waals surface area contributed by atoms with Crippen molar-refractivity contribution in [2.75, 3.05) is 12.4 Å². The van der Waals surface area contributed by atoms with Gasteiger partial charge < -0.3 is 24.3 Å². The van der Waals surface area contributed by atoms with Gasteiger partial charge in [-0.3, -0.25) is 0 Å². The SMILES string of the molecule is COc1nc(NC2CCC(OC(F)F)CC2)nc2[nH]cc(-c3ccc4nc(C)n(CC(F)F)c4n3)c12. The van der Waals surface area contributed by atoms with Gasteiger partial charge in [-0.15, -0.1) is 0 Å². The number of aromatic amines is 1. The van der Waals surface area contributed by atoms with Gasteiger partial charge in [-0.1, -0.05) is 0 Å². The molecule has 192 valence electrons. The molecule has 0 aromatic carbocycles. The van der Waals surface area contributed by atoms with Crippen LogP contribution in [-0.2, 0) is 11.3 Å². The molecule has 0 spiro atoms. The number of anilines is 1. The van der Waals surface area contributed by atoms with Crippen molar-refractivity contribution < 1.29 is 27.0 Å². The molecule has 0 atom stereocenters. The van der Waals surface area contributed by atoms with Crippen LogP contribution in [0.25, 0.3) is 33.5 Å². The number of hydrogen-bond acceptors (Lipinski definition) is 7.